The Balaban J connectivity index is 1.66. The second-order valence-electron chi connectivity index (χ2n) is 9.32. The van der Waals surface area contributed by atoms with Gasteiger partial charge in [0.15, 0.2) is 0 Å². The predicted octanol–water partition coefficient (Wildman–Crippen LogP) is 8.85. The van der Waals surface area contributed by atoms with E-state index in [2.05, 4.69) is 112 Å². The molecule has 4 rings (SSSR count). The molecule has 0 N–H and O–H groups in total. The number of anilines is 3. The number of ether oxygens (including phenoxy) is 1. The van der Waals surface area contributed by atoms with Gasteiger partial charge in [-0.2, -0.15) is 0 Å². The fraction of sp³-hybridized carbons (Fsp3) is 0.182. The van der Waals surface area contributed by atoms with Gasteiger partial charge in [0, 0.05) is 23.1 Å². The van der Waals surface area contributed by atoms with E-state index in [0.29, 0.717) is 0 Å². The summed E-state index contributed by atoms with van der Waals surface area (Å²) in [7, 11) is 0. The fourth-order valence-corrected chi connectivity index (χ4v) is 4.22. The molecule has 0 aliphatic rings. The van der Waals surface area contributed by atoms with Crippen LogP contribution < -0.4 is 4.90 Å². The molecule has 0 fully saturated rings. The number of aryl methyl sites for hydroxylation is 4. The van der Waals surface area contributed by atoms with Gasteiger partial charge >= 0.3 is 5.97 Å². The number of hydrogen-bond donors (Lipinski definition) is 0. The lowest BCUT2D eigenvalue weighted by atomic mass is 10.0. The van der Waals surface area contributed by atoms with Crippen molar-refractivity contribution in [2.24, 2.45) is 0 Å². The van der Waals surface area contributed by atoms with Crippen LogP contribution >= 0.6 is 0 Å². The van der Waals surface area contributed by atoms with Crippen molar-refractivity contribution in [1.29, 1.82) is 0 Å². The van der Waals surface area contributed by atoms with Gasteiger partial charge in [-0.3, -0.25) is 0 Å². The van der Waals surface area contributed by atoms with Crippen LogP contribution in [0.25, 0.3) is 11.1 Å². The number of rotatable bonds is 7. The molecule has 0 aromatic heterocycles. The smallest absolute Gasteiger partial charge is 0.330 e. The van der Waals surface area contributed by atoms with Crippen LogP contribution in [0, 0.1) is 27.7 Å². The number of esters is 1. The highest BCUT2D eigenvalue weighted by Gasteiger charge is 2.15. The van der Waals surface area contributed by atoms with Crippen LogP contribution in [-0.2, 0) is 9.53 Å². The Morgan fingerprint density at radius 3 is 1.58 bits per heavy atom. The Morgan fingerprint density at radius 1 is 0.694 bits per heavy atom. The summed E-state index contributed by atoms with van der Waals surface area (Å²) in [5.74, 6) is -0.417. The third-order valence-electron chi connectivity index (χ3n) is 6.80. The maximum Gasteiger partial charge on any atom is 0.330 e. The first kappa shape index (κ1) is 25.0. The first-order chi connectivity index (χ1) is 17.3. The van der Waals surface area contributed by atoms with Crippen molar-refractivity contribution in [1.82, 2.24) is 0 Å². The quantitative estimate of drug-likeness (QED) is 0.197. The van der Waals surface area contributed by atoms with Gasteiger partial charge in [0.25, 0.3) is 0 Å². The molecule has 36 heavy (non-hydrogen) atoms. The topological polar surface area (TPSA) is 29.5 Å². The zero-order chi connectivity index (χ0) is 25.8. The van der Waals surface area contributed by atoms with Gasteiger partial charge in [-0.1, -0.05) is 55.1 Å². The maximum absolute atomic E-state index is 11.5. The van der Waals surface area contributed by atoms with E-state index in [0.717, 1.165) is 33.8 Å². The molecule has 0 saturated carbocycles. The molecule has 3 heteroatoms. The highest BCUT2D eigenvalue weighted by Crippen LogP contribution is 2.37. The minimum absolute atomic E-state index is 0.323. The highest BCUT2D eigenvalue weighted by molar-refractivity contribution is 5.81. The van der Waals surface area contributed by atoms with Gasteiger partial charge < -0.3 is 9.64 Å². The summed E-state index contributed by atoms with van der Waals surface area (Å²) in [5, 5.41) is 0. The molecule has 0 amide bonds. The molecule has 0 aliphatic heterocycles. The van der Waals surface area contributed by atoms with Crippen LogP contribution in [0.1, 0.15) is 40.8 Å². The van der Waals surface area contributed by atoms with Gasteiger partial charge in [-0.05, 0) is 110 Å². The van der Waals surface area contributed by atoms with Crippen LogP contribution in [0.15, 0.2) is 97.6 Å². The second kappa shape index (κ2) is 10.7. The standard InChI is InChI=1S/C33H33NO2/c1-7-33(35)36-26(6)27-10-12-28(13-11-27)29-14-18-30(19-15-29)34(31-16-8-22(2)24(4)20-31)32-17-9-23(3)25(5)21-32/h7-21,26H,1H2,2-6H3. The molecule has 1 atom stereocenters. The Morgan fingerprint density at radius 2 is 1.14 bits per heavy atom. The third kappa shape index (κ3) is 5.41. The zero-order valence-electron chi connectivity index (χ0n) is 21.7. The summed E-state index contributed by atoms with van der Waals surface area (Å²) in [6, 6.07) is 30.0. The van der Waals surface area contributed by atoms with Gasteiger partial charge in [0.1, 0.15) is 6.10 Å². The minimum atomic E-state index is -0.417. The molecule has 1 unspecified atom stereocenters. The number of carbonyl (C=O) groups excluding carboxylic acids is 1. The van der Waals surface area contributed by atoms with Crippen molar-refractivity contribution in [2.75, 3.05) is 4.90 Å². The molecule has 0 spiro atoms. The molecule has 0 saturated heterocycles. The predicted molar refractivity (Wildman–Crippen MR) is 150 cm³/mol. The normalized spacial score (nSPS) is 11.6. The van der Waals surface area contributed by atoms with Crippen molar-refractivity contribution in [3.63, 3.8) is 0 Å². The maximum atomic E-state index is 11.5. The first-order valence-corrected chi connectivity index (χ1v) is 12.2. The molecular formula is C33H33NO2. The Kier molecular flexibility index (Phi) is 7.40. The molecular weight excluding hydrogens is 442 g/mol. The summed E-state index contributed by atoms with van der Waals surface area (Å²) in [4.78, 5) is 13.8. The van der Waals surface area contributed by atoms with E-state index in [1.54, 1.807) is 0 Å². The molecule has 0 aliphatic carbocycles. The lowest BCUT2D eigenvalue weighted by Crippen LogP contribution is -2.10. The molecule has 0 radical (unpaired) electrons. The summed E-state index contributed by atoms with van der Waals surface area (Å²) in [6.45, 7) is 13.9. The van der Waals surface area contributed by atoms with E-state index >= 15 is 0 Å². The monoisotopic (exact) mass is 475 g/mol. The van der Waals surface area contributed by atoms with E-state index in [4.69, 9.17) is 4.74 Å². The number of carbonyl (C=O) groups is 1. The first-order valence-electron chi connectivity index (χ1n) is 12.2. The largest absolute Gasteiger partial charge is 0.455 e. The lowest BCUT2D eigenvalue weighted by molar-refractivity contribution is -0.142. The minimum Gasteiger partial charge on any atom is -0.455 e. The molecule has 0 bridgehead atoms. The van der Waals surface area contributed by atoms with Crippen molar-refractivity contribution in [3.8, 4) is 11.1 Å². The summed E-state index contributed by atoms with van der Waals surface area (Å²) >= 11 is 0. The summed E-state index contributed by atoms with van der Waals surface area (Å²) in [5.41, 5.74) is 11.7. The third-order valence-corrected chi connectivity index (χ3v) is 6.80. The number of hydrogen-bond acceptors (Lipinski definition) is 3. The van der Waals surface area contributed by atoms with Crippen LogP contribution in [-0.4, -0.2) is 5.97 Å². The van der Waals surface area contributed by atoms with E-state index in [-0.39, 0.29) is 6.10 Å². The molecule has 4 aromatic rings. The van der Waals surface area contributed by atoms with Crippen molar-refractivity contribution in [3.05, 3.63) is 125 Å². The van der Waals surface area contributed by atoms with Crippen LogP contribution in [0.3, 0.4) is 0 Å². The van der Waals surface area contributed by atoms with Gasteiger partial charge in [0.05, 0.1) is 0 Å². The average Bonchev–Trinajstić information content (AvgIpc) is 2.89. The van der Waals surface area contributed by atoms with E-state index in [1.807, 2.05) is 19.1 Å². The number of benzene rings is 4. The Labute approximate surface area is 214 Å². The van der Waals surface area contributed by atoms with E-state index in [9.17, 15) is 4.79 Å². The van der Waals surface area contributed by atoms with Crippen molar-refractivity contribution in [2.45, 2.75) is 40.7 Å². The van der Waals surface area contributed by atoms with Gasteiger partial charge in [-0.15, -0.1) is 0 Å². The molecule has 3 nitrogen and oxygen atoms in total. The van der Waals surface area contributed by atoms with Crippen molar-refractivity contribution < 1.29 is 9.53 Å². The van der Waals surface area contributed by atoms with Crippen LogP contribution in [0.4, 0.5) is 17.1 Å². The summed E-state index contributed by atoms with van der Waals surface area (Å²) in [6.07, 6.45) is 0.863. The average molecular weight is 476 g/mol. The molecule has 0 heterocycles. The second-order valence-corrected chi connectivity index (χ2v) is 9.32. The van der Waals surface area contributed by atoms with E-state index < -0.39 is 5.97 Å². The van der Waals surface area contributed by atoms with Crippen molar-refractivity contribution >= 4 is 23.0 Å². The van der Waals surface area contributed by atoms with Gasteiger partial charge in [0.2, 0.25) is 0 Å². The van der Waals surface area contributed by atoms with Crippen LogP contribution in [0.5, 0.6) is 0 Å². The Hall–Kier alpha value is -4.11. The summed E-state index contributed by atoms with van der Waals surface area (Å²) < 4.78 is 5.33. The SMILES string of the molecule is C=CC(=O)OC(C)c1ccc(-c2ccc(N(c3ccc(C)c(C)c3)c3ccc(C)c(C)c3)cc2)cc1. The van der Waals surface area contributed by atoms with E-state index in [1.165, 1.54) is 28.3 Å². The molecule has 4 aromatic carbocycles. The molecule has 182 valence electrons. The number of nitrogens with zero attached hydrogens (tertiary/aromatic N) is 1. The lowest BCUT2D eigenvalue weighted by Gasteiger charge is -2.27. The fourth-order valence-electron chi connectivity index (χ4n) is 4.22. The highest BCUT2D eigenvalue weighted by atomic mass is 16.5. The van der Waals surface area contributed by atoms with Gasteiger partial charge in [-0.25, -0.2) is 4.79 Å². The Bertz CT molecular complexity index is 1330. The zero-order valence-corrected chi connectivity index (χ0v) is 21.7. The van der Waals surface area contributed by atoms with Crippen LogP contribution in [0.2, 0.25) is 0 Å².